The second kappa shape index (κ2) is 10.7. The van der Waals surface area contributed by atoms with Gasteiger partial charge in [-0.1, -0.05) is 84.8 Å². The number of hydrogen-bond donors (Lipinski definition) is 0. The first kappa shape index (κ1) is 23.0. The zero-order chi connectivity index (χ0) is 23.8. The van der Waals surface area contributed by atoms with Crippen LogP contribution in [0.3, 0.4) is 0 Å². The van der Waals surface area contributed by atoms with E-state index in [4.69, 9.17) is 0 Å². The largest absolute Gasteiger partial charge is 0.265 e. The molecule has 4 rings (SSSR count). The van der Waals surface area contributed by atoms with Crippen LogP contribution in [0.4, 0.5) is 4.39 Å². The van der Waals surface area contributed by atoms with Gasteiger partial charge in [0, 0.05) is 5.56 Å². The Bertz CT molecular complexity index is 1420. The second-order valence-corrected chi connectivity index (χ2v) is 9.37. The average Bonchev–Trinajstić information content (AvgIpc) is 2.87. The molecule has 168 valence electrons. The molecule has 0 saturated heterocycles. The minimum atomic E-state index is -4.04. The SMILES string of the molecule is O=S(=O)(c1ccc(F)cc1)N(Cc1ccccc1)/C(C#Cc1ccccc1)=C/c1ccccc1. The maximum atomic E-state index is 13.8. The molecular weight excluding hydrogens is 445 g/mol. The Kier molecular flexibility index (Phi) is 7.22. The first-order valence-electron chi connectivity index (χ1n) is 10.7. The standard InChI is InChI=1S/C29H22FNO2S/c30-27-17-20-29(21-18-27)34(32,33)31(23-26-14-8-3-9-15-26)28(22-25-12-6-2-7-13-25)19-16-24-10-4-1-5-11-24/h1-15,17-18,20-22H,23H2/b28-22+. The van der Waals surface area contributed by atoms with Crippen molar-refractivity contribution in [3.63, 3.8) is 0 Å². The third-order valence-corrected chi connectivity index (χ3v) is 6.82. The van der Waals surface area contributed by atoms with E-state index in [1.54, 1.807) is 6.08 Å². The molecule has 0 aromatic heterocycles. The zero-order valence-corrected chi connectivity index (χ0v) is 19.1. The molecule has 0 radical (unpaired) electrons. The molecule has 4 aromatic rings. The van der Waals surface area contributed by atoms with Crippen molar-refractivity contribution in [2.75, 3.05) is 0 Å². The lowest BCUT2D eigenvalue weighted by Gasteiger charge is -2.25. The molecule has 0 heterocycles. The molecular formula is C29H22FNO2S. The quantitative estimate of drug-likeness (QED) is 0.321. The van der Waals surface area contributed by atoms with Crippen LogP contribution >= 0.6 is 0 Å². The molecule has 0 fully saturated rings. The lowest BCUT2D eigenvalue weighted by Crippen LogP contribution is -2.29. The molecule has 0 aliphatic heterocycles. The Morgan fingerprint density at radius 3 is 1.94 bits per heavy atom. The monoisotopic (exact) mass is 467 g/mol. The molecule has 3 nitrogen and oxygen atoms in total. The number of hydrogen-bond acceptors (Lipinski definition) is 2. The number of nitrogens with zero attached hydrogens (tertiary/aromatic N) is 1. The minimum absolute atomic E-state index is 0.00898. The lowest BCUT2D eigenvalue weighted by molar-refractivity contribution is 0.484. The van der Waals surface area contributed by atoms with Crippen molar-refractivity contribution in [3.05, 3.63) is 143 Å². The Labute approximate surface area is 199 Å². The molecule has 0 saturated carbocycles. The van der Waals surface area contributed by atoms with Gasteiger partial charge in [-0.15, -0.1) is 0 Å². The molecule has 34 heavy (non-hydrogen) atoms. The highest BCUT2D eigenvalue weighted by molar-refractivity contribution is 7.89. The van der Waals surface area contributed by atoms with Crippen LogP contribution in [0, 0.1) is 17.7 Å². The van der Waals surface area contributed by atoms with Crippen LogP contribution in [0.5, 0.6) is 0 Å². The van der Waals surface area contributed by atoms with Gasteiger partial charge in [-0.3, -0.25) is 4.31 Å². The van der Waals surface area contributed by atoms with Gasteiger partial charge in [-0.25, -0.2) is 12.8 Å². The number of benzene rings is 4. The van der Waals surface area contributed by atoms with Crippen molar-refractivity contribution in [3.8, 4) is 11.8 Å². The number of halogens is 1. The number of sulfonamides is 1. The summed E-state index contributed by atoms with van der Waals surface area (Å²) in [6.07, 6.45) is 1.75. The topological polar surface area (TPSA) is 37.4 Å². The summed E-state index contributed by atoms with van der Waals surface area (Å²) < 4.78 is 42.4. The van der Waals surface area contributed by atoms with Gasteiger partial charge in [0.1, 0.15) is 11.5 Å². The fourth-order valence-electron chi connectivity index (χ4n) is 3.32. The highest BCUT2D eigenvalue weighted by Gasteiger charge is 2.26. The van der Waals surface area contributed by atoms with Crippen LogP contribution in [-0.2, 0) is 16.6 Å². The molecule has 4 aromatic carbocycles. The first-order chi connectivity index (χ1) is 16.5. The Morgan fingerprint density at radius 1 is 0.765 bits per heavy atom. The van der Waals surface area contributed by atoms with Gasteiger partial charge in [0.2, 0.25) is 0 Å². The van der Waals surface area contributed by atoms with Crippen molar-refractivity contribution in [1.82, 2.24) is 4.31 Å². The maximum Gasteiger partial charge on any atom is 0.265 e. The van der Waals surface area contributed by atoms with Gasteiger partial charge in [0.05, 0.1) is 11.4 Å². The van der Waals surface area contributed by atoms with Gasteiger partial charge in [0.25, 0.3) is 10.0 Å². The smallest absolute Gasteiger partial charge is 0.254 e. The molecule has 0 N–H and O–H groups in total. The average molecular weight is 468 g/mol. The van der Waals surface area contributed by atoms with E-state index in [9.17, 15) is 12.8 Å². The predicted molar refractivity (Wildman–Crippen MR) is 133 cm³/mol. The Hall–Kier alpha value is -4.14. The summed E-state index contributed by atoms with van der Waals surface area (Å²) in [4.78, 5) is -0.00898. The van der Waals surface area contributed by atoms with E-state index >= 15 is 0 Å². The molecule has 0 unspecified atom stereocenters. The Morgan fingerprint density at radius 2 is 1.32 bits per heavy atom. The summed E-state index contributed by atoms with van der Waals surface area (Å²) in [6.45, 7) is 0.0721. The van der Waals surface area contributed by atoms with Crippen LogP contribution in [0.15, 0.2) is 126 Å². The highest BCUT2D eigenvalue weighted by atomic mass is 32.2. The van der Waals surface area contributed by atoms with Crippen LogP contribution in [-0.4, -0.2) is 12.7 Å². The lowest BCUT2D eigenvalue weighted by atomic mass is 10.1. The van der Waals surface area contributed by atoms with Crippen molar-refractivity contribution in [2.24, 2.45) is 0 Å². The molecule has 0 amide bonds. The second-order valence-electron chi connectivity index (χ2n) is 7.51. The molecule has 0 aliphatic carbocycles. The van der Waals surface area contributed by atoms with Crippen molar-refractivity contribution >= 4 is 16.1 Å². The van der Waals surface area contributed by atoms with Crippen molar-refractivity contribution < 1.29 is 12.8 Å². The third-order valence-electron chi connectivity index (χ3n) is 5.05. The van der Waals surface area contributed by atoms with Crippen LogP contribution < -0.4 is 0 Å². The van der Waals surface area contributed by atoms with Gasteiger partial charge < -0.3 is 0 Å². The fraction of sp³-hybridized carbons (Fsp3) is 0.0345. The summed E-state index contributed by atoms with van der Waals surface area (Å²) in [5.41, 5.74) is 2.68. The molecule has 5 heteroatoms. The number of rotatable bonds is 6. The zero-order valence-electron chi connectivity index (χ0n) is 18.3. The maximum absolute atomic E-state index is 13.8. The summed E-state index contributed by atoms with van der Waals surface area (Å²) in [5.74, 6) is 5.65. The minimum Gasteiger partial charge on any atom is -0.254 e. The summed E-state index contributed by atoms with van der Waals surface area (Å²) in [6, 6.07) is 32.9. The molecule has 0 aliphatic rings. The first-order valence-corrected chi connectivity index (χ1v) is 12.1. The third kappa shape index (κ3) is 5.80. The van der Waals surface area contributed by atoms with Gasteiger partial charge >= 0.3 is 0 Å². The van der Waals surface area contributed by atoms with Crippen molar-refractivity contribution in [2.45, 2.75) is 11.4 Å². The Balaban J connectivity index is 1.87. The number of allylic oxidation sites excluding steroid dienone is 1. The predicted octanol–water partition coefficient (Wildman–Crippen LogP) is 6.11. The van der Waals surface area contributed by atoms with E-state index in [-0.39, 0.29) is 11.4 Å². The van der Waals surface area contributed by atoms with Crippen molar-refractivity contribution in [1.29, 1.82) is 0 Å². The molecule has 0 atom stereocenters. The normalized spacial score (nSPS) is 11.4. The summed E-state index contributed by atoms with van der Waals surface area (Å²) >= 11 is 0. The van der Waals surface area contributed by atoms with Crippen LogP contribution in [0.25, 0.3) is 6.08 Å². The van der Waals surface area contributed by atoms with E-state index in [0.29, 0.717) is 5.70 Å². The molecule has 0 bridgehead atoms. The fourth-order valence-corrected chi connectivity index (χ4v) is 4.73. The van der Waals surface area contributed by atoms with Crippen LogP contribution in [0.1, 0.15) is 16.7 Å². The van der Waals surface area contributed by atoms with E-state index in [2.05, 4.69) is 11.8 Å². The van der Waals surface area contributed by atoms with Gasteiger partial charge in [-0.05, 0) is 59.5 Å². The molecule has 0 spiro atoms. The van der Waals surface area contributed by atoms with Gasteiger partial charge in [-0.2, -0.15) is 0 Å². The summed E-state index contributed by atoms with van der Waals surface area (Å²) in [5, 5.41) is 0. The summed E-state index contributed by atoms with van der Waals surface area (Å²) in [7, 11) is -4.04. The van der Waals surface area contributed by atoms with E-state index < -0.39 is 15.8 Å². The highest BCUT2D eigenvalue weighted by Crippen LogP contribution is 2.25. The van der Waals surface area contributed by atoms with E-state index in [0.717, 1.165) is 28.8 Å². The van der Waals surface area contributed by atoms with Crippen LogP contribution in [0.2, 0.25) is 0 Å². The van der Waals surface area contributed by atoms with E-state index in [1.807, 2.05) is 91.0 Å². The van der Waals surface area contributed by atoms with Gasteiger partial charge in [0.15, 0.2) is 0 Å². The van der Waals surface area contributed by atoms with E-state index in [1.165, 1.54) is 16.4 Å².